The number of halogens is 2. The molecule has 1 aromatic carbocycles. The highest BCUT2D eigenvalue weighted by Gasteiger charge is 2.08. The van der Waals surface area contributed by atoms with E-state index >= 15 is 0 Å². The van der Waals surface area contributed by atoms with Crippen molar-refractivity contribution in [2.75, 3.05) is 0 Å². The van der Waals surface area contributed by atoms with Gasteiger partial charge in [-0.3, -0.25) is 4.79 Å². The van der Waals surface area contributed by atoms with Gasteiger partial charge in [0.05, 0.1) is 15.0 Å². The molecule has 2 rings (SSSR count). The number of thioether (sulfide) groups is 1. The Hall–Kier alpha value is -0.340. The standard InChI is InChI=1S/C13H12BrIN2OS/c1-2-9-12(15)13(18)17-11(16-9)7-19-10-6-4-3-5-8(10)14/h3-6H,2,7H2,1H3,(H,16,17,18). The van der Waals surface area contributed by atoms with Gasteiger partial charge in [-0.05, 0) is 57.1 Å². The molecule has 0 bridgehead atoms. The molecule has 0 unspecified atom stereocenters. The lowest BCUT2D eigenvalue weighted by molar-refractivity contribution is 0.905. The number of aryl methyl sites for hydroxylation is 1. The Morgan fingerprint density at radius 1 is 1.42 bits per heavy atom. The molecule has 3 nitrogen and oxygen atoms in total. The summed E-state index contributed by atoms with van der Waals surface area (Å²) in [5.41, 5.74) is 0.822. The van der Waals surface area contributed by atoms with Crippen molar-refractivity contribution < 1.29 is 0 Å². The maximum atomic E-state index is 11.8. The zero-order valence-electron chi connectivity index (χ0n) is 10.2. The molecule has 0 atom stereocenters. The van der Waals surface area contributed by atoms with Gasteiger partial charge in [-0.25, -0.2) is 4.98 Å². The molecule has 6 heteroatoms. The highest BCUT2D eigenvalue weighted by atomic mass is 127. The summed E-state index contributed by atoms with van der Waals surface area (Å²) in [6.45, 7) is 2.01. The van der Waals surface area contributed by atoms with Crippen LogP contribution in [0.5, 0.6) is 0 Å². The van der Waals surface area contributed by atoms with Crippen LogP contribution in [0.1, 0.15) is 18.4 Å². The lowest BCUT2D eigenvalue weighted by atomic mass is 10.3. The lowest BCUT2D eigenvalue weighted by Gasteiger charge is -2.06. The van der Waals surface area contributed by atoms with Crippen LogP contribution in [0.4, 0.5) is 0 Å². The van der Waals surface area contributed by atoms with E-state index in [-0.39, 0.29) is 5.56 Å². The molecule has 100 valence electrons. The van der Waals surface area contributed by atoms with E-state index in [0.29, 0.717) is 9.32 Å². The first kappa shape index (κ1) is 15.1. The number of nitrogens with zero attached hydrogens (tertiary/aromatic N) is 1. The Kier molecular flexibility index (Phi) is 5.47. The number of rotatable bonds is 4. The van der Waals surface area contributed by atoms with Crippen LogP contribution in [0.2, 0.25) is 0 Å². The number of hydrogen-bond donors (Lipinski definition) is 1. The average Bonchev–Trinajstić information content (AvgIpc) is 2.41. The summed E-state index contributed by atoms with van der Waals surface area (Å²) in [5.74, 6) is 1.38. The van der Waals surface area contributed by atoms with E-state index in [0.717, 1.165) is 27.3 Å². The van der Waals surface area contributed by atoms with Gasteiger partial charge in [0.25, 0.3) is 5.56 Å². The molecule has 0 saturated carbocycles. The van der Waals surface area contributed by atoms with E-state index in [2.05, 4.69) is 25.9 Å². The van der Waals surface area contributed by atoms with Gasteiger partial charge >= 0.3 is 0 Å². The fourth-order valence-electron chi connectivity index (χ4n) is 1.57. The average molecular weight is 451 g/mol. The molecular weight excluding hydrogens is 439 g/mol. The van der Waals surface area contributed by atoms with Gasteiger partial charge in [-0.2, -0.15) is 0 Å². The van der Waals surface area contributed by atoms with E-state index in [4.69, 9.17) is 0 Å². The minimum atomic E-state index is -0.0461. The van der Waals surface area contributed by atoms with E-state index < -0.39 is 0 Å². The molecule has 0 aliphatic heterocycles. The fraction of sp³-hybridized carbons (Fsp3) is 0.231. The van der Waals surface area contributed by atoms with Crippen molar-refractivity contribution in [1.82, 2.24) is 9.97 Å². The second kappa shape index (κ2) is 6.90. The molecule has 19 heavy (non-hydrogen) atoms. The van der Waals surface area contributed by atoms with Crippen LogP contribution in [0, 0.1) is 3.57 Å². The van der Waals surface area contributed by atoms with Crippen molar-refractivity contribution in [3.8, 4) is 0 Å². The summed E-state index contributed by atoms with van der Waals surface area (Å²) >= 11 is 7.21. The smallest absolute Gasteiger partial charge is 0.264 e. The Balaban J connectivity index is 2.19. The van der Waals surface area contributed by atoms with Crippen LogP contribution in [0.15, 0.2) is 38.4 Å². The van der Waals surface area contributed by atoms with Gasteiger partial charge in [-0.15, -0.1) is 11.8 Å². The van der Waals surface area contributed by atoms with Crippen molar-refractivity contribution in [2.24, 2.45) is 0 Å². The first-order valence-electron chi connectivity index (χ1n) is 5.76. The maximum absolute atomic E-state index is 11.8. The van der Waals surface area contributed by atoms with Gasteiger partial charge in [0.15, 0.2) is 0 Å². The van der Waals surface area contributed by atoms with Crippen LogP contribution >= 0.6 is 50.3 Å². The summed E-state index contributed by atoms with van der Waals surface area (Å²) in [6.07, 6.45) is 0.773. The molecule has 0 amide bonds. The van der Waals surface area contributed by atoms with E-state index in [1.54, 1.807) is 11.8 Å². The fourth-order valence-corrected chi connectivity index (χ4v) is 3.64. The monoisotopic (exact) mass is 450 g/mol. The highest BCUT2D eigenvalue weighted by Crippen LogP contribution is 2.28. The van der Waals surface area contributed by atoms with E-state index in [1.807, 2.05) is 53.8 Å². The van der Waals surface area contributed by atoms with Gasteiger partial charge < -0.3 is 4.98 Å². The molecule has 0 aliphatic carbocycles. The molecule has 1 heterocycles. The summed E-state index contributed by atoms with van der Waals surface area (Å²) in [5, 5.41) is 0. The number of aromatic nitrogens is 2. The quantitative estimate of drug-likeness (QED) is 0.565. The van der Waals surface area contributed by atoms with Crippen LogP contribution in [0.25, 0.3) is 0 Å². The molecule has 0 radical (unpaired) electrons. The molecular formula is C13H12BrIN2OS. The van der Waals surface area contributed by atoms with Crippen LogP contribution in [-0.2, 0) is 12.2 Å². The summed E-state index contributed by atoms with van der Waals surface area (Å²) in [6, 6.07) is 8.02. The van der Waals surface area contributed by atoms with Crippen LogP contribution in [0.3, 0.4) is 0 Å². The predicted octanol–water partition coefficient (Wildman–Crippen LogP) is 3.99. The van der Waals surface area contributed by atoms with Gasteiger partial charge in [0.2, 0.25) is 0 Å². The van der Waals surface area contributed by atoms with Crippen LogP contribution in [-0.4, -0.2) is 9.97 Å². The third kappa shape index (κ3) is 3.82. The highest BCUT2D eigenvalue weighted by molar-refractivity contribution is 14.1. The Morgan fingerprint density at radius 2 is 2.16 bits per heavy atom. The normalized spacial score (nSPS) is 10.7. The molecule has 1 aromatic heterocycles. The van der Waals surface area contributed by atoms with Gasteiger partial charge in [-0.1, -0.05) is 19.1 Å². The largest absolute Gasteiger partial charge is 0.309 e. The number of H-pyrrole nitrogens is 1. The summed E-state index contributed by atoms with van der Waals surface area (Å²) in [4.78, 5) is 20.2. The molecule has 2 aromatic rings. The molecule has 0 fully saturated rings. The zero-order valence-corrected chi connectivity index (χ0v) is 14.8. The molecule has 0 saturated heterocycles. The minimum Gasteiger partial charge on any atom is -0.309 e. The first-order chi connectivity index (χ1) is 9.11. The van der Waals surface area contributed by atoms with Gasteiger partial charge in [0.1, 0.15) is 5.82 Å². The third-order valence-corrected chi connectivity index (χ3v) is 5.67. The van der Waals surface area contributed by atoms with Crippen molar-refractivity contribution in [1.29, 1.82) is 0 Å². The second-order valence-corrected chi connectivity index (χ2v) is 6.80. The predicted molar refractivity (Wildman–Crippen MR) is 90.7 cm³/mol. The Labute approximate surface area is 137 Å². The number of aromatic amines is 1. The SMILES string of the molecule is CCc1nc(CSc2ccccc2Br)[nH]c(=O)c1I. The summed E-state index contributed by atoms with van der Waals surface area (Å²) < 4.78 is 1.75. The second-order valence-electron chi connectivity index (χ2n) is 3.85. The molecule has 0 aliphatic rings. The van der Waals surface area contributed by atoms with Crippen molar-refractivity contribution in [2.45, 2.75) is 24.0 Å². The minimum absolute atomic E-state index is 0.0461. The Morgan fingerprint density at radius 3 is 2.84 bits per heavy atom. The van der Waals surface area contributed by atoms with Crippen molar-refractivity contribution in [3.63, 3.8) is 0 Å². The van der Waals surface area contributed by atoms with Gasteiger partial charge in [0, 0.05) is 9.37 Å². The molecule has 1 N–H and O–H groups in total. The maximum Gasteiger partial charge on any atom is 0.264 e. The number of hydrogen-bond acceptors (Lipinski definition) is 3. The first-order valence-corrected chi connectivity index (χ1v) is 8.62. The zero-order chi connectivity index (χ0) is 13.8. The lowest BCUT2D eigenvalue weighted by Crippen LogP contribution is -2.17. The summed E-state index contributed by atoms with van der Waals surface area (Å²) in [7, 11) is 0. The topological polar surface area (TPSA) is 45.8 Å². The van der Waals surface area contributed by atoms with E-state index in [9.17, 15) is 4.79 Å². The Bertz CT molecular complexity index is 645. The van der Waals surface area contributed by atoms with E-state index in [1.165, 1.54) is 0 Å². The molecule has 0 spiro atoms. The third-order valence-electron chi connectivity index (χ3n) is 2.52. The van der Waals surface area contributed by atoms with Crippen molar-refractivity contribution >= 4 is 50.3 Å². The number of benzene rings is 1. The van der Waals surface area contributed by atoms with Crippen molar-refractivity contribution in [3.05, 3.63) is 54.2 Å². The van der Waals surface area contributed by atoms with Crippen LogP contribution < -0.4 is 5.56 Å². The number of nitrogens with one attached hydrogen (secondary N) is 1.